The van der Waals surface area contributed by atoms with Gasteiger partial charge in [0.2, 0.25) is 15.9 Å². The number of nitrogens with zero attached hydrogens (tertiary/aromatic N) is 2. The van der Waals surface area contributed by atoms with Gasteiger partial charge in [0.05, 0.1) is 12.9 Å². The van der Waals surface area contributed by atoms with E-state index >= 15 is 0 Å². The first-order valence-corrected chi connectivity index (χ1v) is 13.3. The molecule has 2 aromatic rings. The van der Waals surface area contributed by atoms with Crippen LogP contribution in [0.15, 0.2) is 45.9 Å². The van der Waals surface area contributed by atoms with Gasteiger partial charge in [0.25, 0.3) is 5.91 Å². The van der Waals surface area contributed by atoms with Crippen LogP contribution in [0.5, 0.6) is 5.75 Å². The van der Waals surface area contributed by atoms with Gasteiger partial charge in [-0.1, -0.05) is 6.42 Å². The van der Waals surface area contributed by atoms with Crippen LogP contribution in [0.3, 0.4) is 0 Å². The predicted molar refractivity (Wildman–Crippen MR) is 126 cm³/mol. The minimum Gasteiger partial charge on any atom is -0.492 e. The molecule has 0 aliphatic carbocycles. The largest absolute Gasteiger partial charge is 0.492 e. The summed E-state index contributed by atoms with van der Waals surface area (Å²) >= 11 is 0. The number of benzene rings is 1. The fraction of sp³-hybridized carbons (Fsp3) is 0.500. The molecule has 2 aliphatic rings. The van der Waals surface area contributed by atoms with Gasteiger partial charge in [0.15, 0.2) is 5.76 Å². The van der Waals surface area contributed by atoms with Crippen molar-refractivity contribution < 1.29 is 27.2 Å². The molecule has 2 fully saturated rings. The number of piperidine rings is 2. The minimum atomic E-state index is -3.77. The number of rotatable bonds is 7. The number of hydrogen-bond donors (Lipinski definition) is 1. The van der Waals surface area contributed by atoms with Crippen LogP contribution in [0.25, 0.3) is 0 Å². The number of anilines is 1. The van der Waals surface area contributed by atoms with E-state index in [0.717, 1.165) is 32.1 Å². The van der Waals surface area contributed by atoms with Crippen molar-refractivity contribution >= 4 is 27.5 Å². The molecule has 1 atom stereocenters. The molecule has 0 spiro atoms. The lowest BCUT2D eigenvalue weighted by Gasteiger charge is -2.34. The maximum Gasteiger partial charge on any atom is 0.290 e. The van der Waals surface area contributed by atoms with Crippen molar-refractivity contribution in [3.05, 3.63) is 42.4 Å². The molecular formula is C24H31N3O6S. The van der Waals surface area contributed by atoms with Crippen LogP contribution < -0.4 is 10.1 Å². The molecular weight excluding hydrogens is 458 g/mol. The number of ether oxygens (including phenoxy) is 1. The molecule has 2 amide bonds. The number of furan rings is 1. The van der Waals surface area contributed by atoms with Gasteiger partial charge in [-0.25, -0.2) is 8.42 Å². The molecule has 0 radical (unpaired) electrons. The molecule has 1 aromatic heterocycles. The SMILES string of the molecule is CCOc1ccc(NC(=O)C2CCCCN2C(=O)c2ccco2)cc1S(=O)(=O)N1CCCCC1. The Morgan fingerprint density at radius 1 is 1.09 bits per heavy atom. The van der Waals surface area contributed by atoms with Crippen molar-refractivity contribution in [3.63, 3.8) is 0 Å². The third kappa shape index (κ3) is 5.12. The lowest BCUT2D eigenvalue weighted by Crippen LogP contribution is -2.49. The molecule has 9 nitrogen and oxygen atoms in total. The first-order valence-electron chi connectivity index (χ1n) is 11.8. The Morgan fingerprint density at radius 2 is 1.85 bits per heavy atom. The Balaban J connectivity index is 1.57. The number of carbonyl (C=O) groups is 2. The molecule has 0 saturated carbocycles. The number of likely N-dealkylation sites (tertiary alicyclic amines) is 1. The average molecular weight is 490 g/mol. The molecule has 3 heterocycles. The van der Waals surface area contributed by atoms with E-state index in [1.165, 1.54) is 21.5 Å². The Hall–Kier alpha value is -2.85. The van der Waals surface area contributed by atoms with Crippen molar-refractivity contribution in [2.24, 2.45) is 0 Å². The van der Waals surface area contributed by atoms with Gasteiger partial charge < -0.3 is 19.4 Å². The highest BCUT2D eigenvalue weighted by Gasteiger charge is 2.34. The maximum atomic E-state index is 13.4. The number of carbonyl (C=O) groups excluding carboxylic acids is 2. The molecule has 34 heavy (non-hydrogen) atoms. The maximum absolute atomic E-state index is 13.4. The van der Waals surface area contributed by atoms with E-state index in [4.69, 9.17) is 9.15 Å². The Morgan fingerprint density at radius 3 is 2.56 bits per heavy atom. The first kappa shape index (κ1) is 24.3. The molecule has 184 valence electrons. The van der Waals surface area contributed by atoms with E-state index < -0.39 is 16.1 Å². The summed E-state index contributed by atoms with van der Waals surface area (Å²) in [6, 6.07) is 7.20. The lowest BCUT2D eigenvalue weighted by atomic mass is 10.0. The molecule has 4 rings (SSSR count). The predicted octanol–water partition coefficient (Wildman–Crippen LogP) is 3.49. The fourth-order valence-corrected chi connectivity index (χ4v) is 6.20. The second kappa shape index (κ2) is 10.6. The average Bonchev–Trinajstić information content (AvgIpc) is 3.40. The molecule has 2 saturated heterocycles. The summed E-state index contributed by atoms with van der Waals surface area (Å²) in [4.78, 5) is 27.6. The zero-order valence-corrected chi connectivity index (χ0v) is 20.2. The number of amides is 2. The van der Waals surface area contributed by atoms with E-state index in [1.54, 1.807) is 31.2 Å². The van der Waals surface area contributed by atoms with E-state index in [2.05, 4.69) is 5.32 Å². The van der Waals surface area contributed by atoms with Crippen LogP contribution in [0, 0.1) is 0 Å². The van der Waals surface area contributed by atoms with Crippen LogP contribution in [0.1, 0.15) is 56.0 Å². The lowest BCUT2D eigenvalue weighted by molar-refractivity contribution is -0.121. The Labute approximate surface area is 200 Å². The Kier molecular flexibility index (Phi) is 7.57. The van der Waals surface area contributed by atoms with Crippen LogP contribution in [0.2, 0.25) is 0 Å². The molecule has 1 unspecified atom stereocenters. The van der Waals surface area contributed by atoms with Crippen molar-refractivity contribution in [2.75, 3.05) is 31.6 Å². The zero-order chi connectivity index (χ0) is 24.1. The van der Waals surface area contributed by atoms with E-state index in [0.29, 0.717) is 38.3 Å². The van der Waals surface area contributed by atoms with Crippen LogP contribution in [0.4, 0.5) is 5.69 Å². The third-order valence-corrected chi connectivity index (χ3v) is 8.16. The van der Waals surface area contributed by atoms with Gasteiger partial charge in [-0.3, -0.25) is 9.59 Å². The summed E-state index contributed by atoms with van der Waals surface area (Å²) in [5, 5.41) is 2.82. The molecule has 1 aromatic carbocycles. The number of hydrogen-bond acceptors (Lipinski definition) is 6. The second-order valence-corrected chi connectivity index (χ2v) is 10.4. The van der Waals surface area contributed by atoms with Crippen molar-refractivity contribution in [2.45, 2.75) is 56.4 Å². The fourth-order valence-electron chi connectivity index (χ4n) is 4.52. The summed E-state index contributed by atoms with van der Waals surface area (Å²) in [5.41, 5.74) is 0.347. The summed E-state index contributed by atoms with van der Waals surface area (Å²) in [5.74, 6) is -0.232. The number of nitrogens with one attached hydrogen (secondary N) is 1. The van der Waals surface area contributed by atoms with Crippen molar-refractivity contribution in [3.8, 4) is 5.75 Å². The normalized spacial score (nSPS) is 19.6. The minimum absolute atomic E-state index is 0.0428. The summed E-state index contributed by atoms with van der Waals surface area (Å²) in [6.07, 6.45) is 6.22. The third-order valence-electron chi connectivity index (χ3n) is 6.24. The standard InChI is InChI=1S/C24H31N3O6S/c1-2-32-20-12-11-18(17-22(20)34(30,31)26-13-5-3-6-14-26)25-23(28)19-9-4-7-15-27(19)24(29)21-10-8-16-33-21/h8,10-12,16-17,19H,2-7,9,13-15H2,1H3,(H,25,28). The van der Waals surface area contributed by atoms with Crippen molar-refractivity contribution in [1.82, 2.24) is 9.21 Å². The highest BCUT2D eigenvalue weighted by molar-refractivity contribution is 7.89. The van der Waals surface area contributed by atoms with Gasteiger partial charge in [0.1, 0.15) is 16.7 Å². The van der Waals surface area contributed by atoms with Gasteiger partial charge in [-0.15, -0.1) is 0 Å². The van der Waals surface area contributed by atoms with E-state index in [-0.39, 0.29) is 28.2 Å². The Bertz CT molecular complexity index is 1110. The van der Waals surface area contributed by atoms with Gasteiger partial charge in [-0.05, 0) is 69.4 Å². The zero-order valence-electron chi connectivity index (χ0n) is 19.4. The van der Waals surface area contributed by atoms with E-state index in [9.17, 15) is 18.0 Å². The highest BCUT2D eigenvalue weighted by atomic mass is 32.2. The summed E-state index contributed by atoms with van der Waals surface area (Å²) < 4.78 is 39.0. The summed E-state index contributed by atoms with van der Waals surface area (Å²) in [7, 11) is -3.77. The smallest absolute Gasteiger partial charge is 0.290 e. The topological polar surface area (TPSA) is 109 Å². The quantitative estimate of drug-likeness (QED) is 0.638. The molecule has 10 heteroatoms. The van der Waals surface area contributed by atoms with E-state index in [1.807, 2.05) is 0 Å². The molecule has 1 N–H and O–H groups in total. The van der Waals surface area contributed by atoms with Crippen LogP contribution >= 0.6 is 0 Å². The van der Waals surface area contributed by atoms with Crippen molar-refractivity contribution in [1.29, 1.82) is 0 Å². The number of sulfonamides is 1. The first-order chi connectivity index (χ1) is 16.4. The van der Waals surface area contributed by atoms with Gasteiger partial charge in [0, 0.05) is 25.3 Å². The van der Waals surface area contributed by atoms with Gasteiger partial charge >= 0.3 is 0 Å². The molecule has 2 aliphatic heterocycles. The monoisotopic (exact) mass is 489 g/mol. The summed E-state index contributed by atoms with van der Waals surface area (Å²) in [6.45, 7) is 3.50. The van der Waals surface area contributed by atoms with Crippen LogP contribution in [-0.2, 0) is 14.8 Å². The molecule has 0 bridgehead atoms. The van der Waals surface area contributed by atoms with Gasteiger partial charge in [-0.2, -0.15) is 4.31 Å². The highest BCUT2D eigenvalue weighted by Crippen LogP contribution is 2.32. The van der Waals surface area contributed by atoms with Crippen LogP contribution in [-0.4, -0.2) is 61.7 Å². The second-order valence-electron chi connectivity index (χ2n) is 8.54.